The van der Waals surface area contributed by atoms with Gasteiger partial charge < -0.3 is 19.1 Å². The van der Waals surface area contributed by atoms with E-state index in [-0.39, 0.29) is 11.8 Å². The maximum atomic E-state index is 6.64. The second-order valence-corrected chi connectivity index (χ2v) is 8.22. The van der Waals surface area contributed by atoms with Gasteiger partial charge in [0.05, 0.1) is 44.7 Å². The number of nitrogens with one attached hydrogen (secondary N) is 1. The number of benzene rings is 2. The average Bonchev–Trinajstić information content (AvgIpc) is 3.37. The minimum Gasteiger partial charge on any atom is -0.466 e. The first-order chi connectivity index (χ1) is 13.7. The van der Waals surface area contributed by atoms with Crippen molar-refractivity contribution in [1.82, 2.24) is 5.01 Å². The fraction of sp³-hybridized carbons (Fsp3) is 0.409. The molecule has 4 heterocycles. The molecule has 2 aromatic carbocycles. The lowest BCUT2D eigenvalue weighted by Gasteiger charge is -2.49. The van der Waals surface area contributed by atoms with Gasteiger partial charge in [0.1, 0.15) is 5.75 Å². The van der Waals surface area contributed by atoms with Crippen molar-refractivity contribution in [2.75, 3.05) is 26.9 Å². The Morgan fingerprint density at radius 1 is 1.04 bits per heavy atom. The molecule has 1 fully saturated rings. The number of piperidine rings is 1. The van der Waals surface area contributed by atoms with Gasteiger partial charge in [0.2, 0.25) is 12.5 Å². The highest BCUT2D eigenvalue weighted by Crippen LogP contribution is 2.49. The van der Waals surface area contributed by atoms with Crippen molar-refractivity contribution in [2.45, 2.75) is 31.0 Å². The van der Waals surface area contributed by atoms with Gasteiger partial charge in [-0.3, -0.25) is 0 Å². The van der Waals surface area contributed by atoms with E-state index in [1.807, 2.05) is 6.07 Å². The van der Waals surface area contributed by atoms with E-state index in [1.54, 1.807) is 4.90 Å². The third-order valence-corrected chi connectivity index (χ3v) is 6.50. The van der Waals surface area contributed by atoms with Crippen LogP contribution in [0.4, 0.5) is 0 Å². The van der Waals surface area contributed by atoms with Gasteiger partial charge in [-0.2, -0.15) is 5.10 Å². The summed E-state index contributed by atoms with van der Waals surface area (Å²) in [7, 11) is 2.26. The molecular formula is C22H24N3O3+. The number of ether oxygens (including phenoxy) is 3. The second-order valence-electron chi connectivity index (χ2n) is 8.22. The number of para-hydroxylation sites is 1. The molecule has 0 aliphatic carbocycles. The summed E-state index contributed by atoms with van der Waals surface area (Å²) in [6.45, 7) is 2.49. The highest BCUT2D eigenvalue weighted by molar-refractivity contribution is 6.02. The number of nitrogens with zero attached hydrogens (tertiary/aromatic N) is 2. The lowest BCUT2D eigenvalue weighted by atomic mass is 9.91. The van der Waals surface area contributed by atoms with E-state index in [1.165, 1.54) is 5.56 Å². The third-order valence-electron chi connectivity index (χ3n) is 6.50. The molecule has 1 spiro atoms. The van der Waals surface area contributed by atoms with Crippen LogP contribution in [0.25, 0.3) is 0 Å². The number of hydrogen-bond donors (Lipinski definition) is 1. The smallest absolute Gasteiger partial charge is 0.231 e. The Bertz CT molecular complexity index is 965. The van der Waals surface area contributed by atoms with Crippen molar-refractivity contribution in [3.63, 3.8) is 0 Å². The molecule has 1 atom stereocenters. The normalized spacial score (nSPS) is 29.9. The van der Waals surface area contributed by atoms with Crippen molar-refractivity contribution in [1.29, 1.82) is 0 Å². The summed E-state index contributed by atoms with van der Waals surface area (Å²) in [6, 6.07) is 14.8. The monoisotopic (exact) mass is 378 g/mol. The first kappa shape index (κ1) is 16.2. The molecule has 1 saturated heterocycles. The number of hydrazone groups is 1. The summed E-state index contributed by atoms with van der Waals surface area (Å²) in [5.41, 5.74) is 3.09. The predicted molar refractivity (Wildman–Crippen MR) is 104 cm³/mol. The van der Waals surface area contributed by atoms with Gasteiger partial charge in [-0.25, -0.2) is 5.01 Å². The van der Waals surface area contributed by atoms with Crippen molar-refractivity contribution in [3.05, 3.63) is 53.6 Å². The van der Waals surface area contributed by atoms with Gasteiger partial charge in [0.25, 0.3) is 0 Å². The average molecular weight is 378 g/mol. The summed E-state index contributed by atoms with van der Waals surface area (Å²) in [6.07, 6.45) is 2.85. The van der Waals surface area contributed by atoms with Crippen LogP contribution in [-0.4, -0.2) is 43.4 Å². The maximum Gasteiger partial charge on any atom is 0.231 e. The molecule has 6 rings (SSSR count). The van der Waals surface area contributed by atoms with Crippen LogP contribution in [0, 0.1) is 0 Å². The van der Waals surface area contributed by atoms with Crippen LogP contribution in [0.1, 0.15) is 36.4 Å². The molecule has 0 radical (unpaired) electrons. The van der Waals surface area contributed by atoms with Crippen molar-refractivity contribution < 1.29 is 19.1 Å². The van der Waals surface area contributed by atoms with E-state index in [9.17, 15) is 0 Å². The minimum absolute atomic E-state index is 0.226. The molecule has 2 aromatic rings. The van der Waals surface area contributed by atoms with Gasteiger partial charge in [-0.15, -0.1) is 0 Å². The second kappa shape index (κ2) is 5.88. The first-order valence-corrected chi connectivity index (χ1v) is 10.1. The number of fused-ring (bicyclic) bond motifs is 5. The van der Waals surface area contributed by atoms with Gasteiger partial charge in [-0.1, -0.05) is 18.2 Å². The van der Waals surface area contributed by atoms with E-state index in [0.29, 0.717) is 6.79 Å². The van der Waals surface area contributed by atoms with Crippen LogP contribution in [0.5, 0.6) is 17.2 Å². The highest BCUT2D eigenvalue weighted by Gasteiger charge is 2.52. The van der Waals surface area contributed by atoms with Gasteiger partial charge >= 0.3 is 0 Å². The van der Waals surface area contributed by atoms with Crippen molar-refractivity contribution in [2.24, 2.45) is 5.10 Å². The quantitative estimate of drug-likeness (QED) is 0.824. The number of likely N-dealkylation sites (tertiary alicyclic amines) is 1. The molecule has 144 valence electrons. The molecule has 0 bridgehead atoms. The number of hydrogen-bond acceptors (Lipinski definition) is 5. The Labute approximate surface area is 164 Å². The fourth-order valence-electron chi connectivity index (χ4n) is 4.88. The molecule has 1 N–H and O–H groups in total. The van der Waals surface area contributed by atoms with Crippen LogP contribution in [0.2, 0.25) is 0 Å². The first-order valence-electron chi connectivity index (χ1n) is 10.1. The Morgan fingerprint density at radius 2 is 1.86 bits per heavy atom. The SMILES string of the molecule is C[NH+]1CCC2(CC1)Oc1ccccc1[C@@H]1CC(c3ccc4c(c3)OCO4)=NN12. The number of quaternary nitrogens is 1. The Balaban J connectivity index is 1.42. The minimum atomic E-state index is -0.337. The summed E-state index contributed by atoms with van der Waals surface area (Å²) in [4.78, 5) is 1.56. The number of rotatable bonds is 1. The van der Waals surface area contributed by atoms with Crippen LogP contribution in [0.15, 0.2) is 47.6 Å². The zero-order valence-electron chi connectivity index (χ0n) is 16.0. The summed E-state index contributed by atoms with van der Waals surface area (Å²) >= 11 is 0. The maximum absolute atomic E-state index is 6.64. The molecule has 0 saturated carbocycles. The summed E-state index contributed by atoms with van der Waals surface area (Å²) in [5, 5.41) is 7.39. The summed E-state index contributed by atoms with van der Waals surface area (Å²) < 4.78 is 17.7. The van der Waals surface area contributed by atoms with E-state index < -0.39 is 0 Å². The Morgan fingerprint density at radius 3 is 2.75 bits per heavy atom. The van der Waals surface area contributed by atoms with E-state index in [2.05, 4.69) is 48.5 Å². The summed E-state index contributed by atoms with van der Waals surface area (Å²) in [5.74, 6) is 2.63. The standard InChI is InChI=1S/C22H23N3O3/c1-24-10-8-22(9-11-24)25-18(16-4-2-3-5-19(16)28-22)13-17(23-25)15-6-7-20-21(12-15)27-14-26-20/h2-7,12,18H,8-11,13-14H2,1H3/p+1/t18-/m0/s1. The predicted octanol–water partition coefficient (Wildman–Crippen LogP) is 1.96. The Hall–Kier alpha value is -2.73. The molecule has 6 heteroatoms. The molecule has 4 aliphatic heterocycles. The van der Waals surface area contributed by atoms with E-state index in [4.69, 9.17) is 19.3 Å². The zero-order chi connectivity index (χ0) is 18.7. The molecule has 0 amide bonds. The lowest BCUT2D eigenvalue weighted by Crippen LogP contribution is -3.11. The highest BCUT2D eigenvalue weighted by atomic mass is 16.7. The van der Waals surface area contributed by atoms with E-state index >= 15 is 0 Å². The largest absolute Gasteiger partial charge is 0.466 e. The van der Waals surface area contributed by atoms with Gasteiger partial charge in [-0.05, 0) is 24.3 Å². The van der Waals surface area contributed by atoms with Crippen LogP contribution in [0.3, 0.4) is 0 Å². The molecule has 0 aromatic heterocycles. The molecule has 4 aliphatic rings. The van der Waals surface area contributed by atoms with Crippen molar-refractivity contribution >= 4 is 5.71 Å². The molecular weight excluding hydrogens is 354 g/mol. The molecule has 28 heavy (non-hydrogen) atoms. The van der Waals surface area contributed by atoms with Gasteiger partial charge in [0, 0.05) is 17.5 Å². The van der Waals surface area contributed by atoms with Gasteiger partial charge in [0.15, 0.2) is 11.5 Å². The molecule has 6 nitrogen and oxygen atoms in total. The topological polar surface area (TPSA) is 47.7 Å². The van der Waals surface area contributed by atoms with Crippen molar-refractivity contribution in [3.8, 4) is 17.2 Å². The zero-order valence-corrected chi connectivity index (χ0v) is 16.0. The van der Waals surface area contributed by atoms with Crippen LogP contribution >= 0.6 is 0 Å². The Kier molecular flexibility index (Phi) is 3.41. The molecule has 0 unspecified atom stereocenters. The lowest BCUT2D eigenvalue weighted by molar-refractivity contribution is -0.888. The fourth-order valence-corrected chi connectivity index (χ4v) is 4.88. The van der Waals surface area contributed by atoms with Crippen LogP contribution < -0.4 is 19.1 Å². The third kappa shape index (κ3) is 2.34. The van der Waals surface area contributed by atoms with Crippen LogP contribution in [-0.2, 0) is 0 Å². The van der Waals surface area contributed by atoms with E-state index in [0.717, 1.165) is 60.9 Å².